The molecule has 0 spiro atoms. The smallest absolute Gasteiger partial charge is 0.276 e. The molecule has 2 aromatic heterocycles. The fourth-order valence-corrected chi connectivity index (χ4v) is 4.19. The quantitative estimate of drug-likeness (QED) is 0.828. The number of hydrogen-bond acceptors (Lipinski definition) is 5. The van der Waals surface area contributed by atoms with Crippen molar-refractivity contribution in [3.05, 3.63) is 41.2 Å². The first-order valence-electron chi connectivity index (χ1n) is 9.93. The lowest BCUT2D eigenvalue weighted by atomic mass is 9.71. The van der Waals surface area contributed by atoms with Crippen LogP contribution in [0.15, 0.2) is 27.3 Å². The molecule has 0 unspecified atom stereocenters. The summed E-state index contributed by atoms with van der Waals surface area (Å²) in [6.45, 7) is 10.7. The Labute approximate surface area is 160 Å². The van der Waals surface area contributed by atoms with Gasteiger partial charge in [0.05, 0.1) is 12.8 Å². The fraction of sp³-hybridized carbons (Fsp3) is 0.619. The summed E-state index contributed by atoms with van der Waals surface area (Å²) >= 11 is 0. The van der Waals surface area contributed by atoms with Crippen LogP contribution >= 0.6 is 0 Å². The summed E-state index contributed by atoms with van der Waals surface area (Å²) in [4.78, 5) is 17.3. The molecule has 0 N–H and O–H groups in total. The zero-order chi connectivity index (χ0) is 19.0. The maximum Gasteiger partial charge on any atom is 0.276 e. The Morgan fingerprint density at radius 2 is 2.04 bits per heavy atom. The number of hydrogen-bond donors (Lipinski definition) is 0. The van der Waals surface area contributed by atoms with Crippen LogP contribution in [0.4, 0.5) is 0 Å². The molecule has 1 amide bonds. The van der Waals surface area contributed by atoms with Gasteiger partial charge in [0, 0.05) is 38.2 Å². The lowest BCUT2D eigenvalue weighted by Crippen LogP contribution is -2.48. The number of furan rings is 1. The van der Waals surface area contributed by atoms with Crippen LogP contribution in [0, 0.1) is 11.3 Å². The minimum atomic E-state index is 0.0206. The molecular formula is C21H29N3O3. The number of nitrogens with zero attached hydrogens (tertiary/aromatic N) is 3. The Morgan fingerprint density at radius 3 is 2.70 bits per heavy atom. The lowest BCUT2D eigenvalue weighted by molar-refractivity contribution is 0.0609. The number of rotatable bonds is 3. The standard InChI is InChI=1S/C21H29N3O3/c1-21(2,3)15-6-7-18-17(13-15)19(22-27-18)20(25)24-10-8-23(9-11-24)14-16-5-4-12-26-16/h4-5,12,15H,6-11,13-14H2,1-3H3/t15-/m1/s1. The number of aryl methyl sites for hydroxylation is 1. The van der Waals surface area contributed by atoms with E-state index in [1.165, 1.54) is 0 Å². The molecule has 3 heterocycles. The summed E-state index contributed by atoms with van der Waals surface area (Å²) < 4.78 is 11.0. The second-order valence-corrected chi connectivity index (χ2v) is 8.89. The summed E-state index contributed by atoms with van der Waals surface area (Å²) in [6, 6.07) is 3.90. The third-order valence-corrected chi connectivity index (χ3v) is 6.09. The molecule has 0 aromatic carbocycles. The van der Waals surface area contributed by atoms with Gasteiger partial charge >= 0.3 is 0 Å². The van der Waals surface area contributed by atoms with Crippen molar-refractivity contribution in [1.29, 1.82) is 0 Å². The van der Waals surface area contributed by atoms with E-state index >= 15 is 0 Å². The molecule has 6 heteroatoms. The SMILES string of the molecule is CC(C)(C)[C@@H]1CCc2onc(C(=O)N3CCN(Cc4ccco4)CC3)c2C1. The minimum absolute atomic E-state index is 0.0206. The number of aromatic nitrogens is 1. The lowest BCUT2D eigenvalue weighted by Gasteiger charge is -2.35. The van der Waals surface area contributed by atoms with E-state index in [0.29, 0.717) is 24.7 Å². The fourth-order valence-electron chi connectivity index (χ4n) is 4.19. The number of piperazine rings is 1. The van der Waals surface area contributed by atoms with Crippen molar-refractivity contribution < 1.29 is 13.7 Å². The van der Waals surface area contributed by atoms with E-state index in [2.05, 4.69) is 30.8 Å². The van der Waals surface area contributed by atoms with E-state index in [1.807, 2.05) is 17.0 Å². The molecule has 0 saturated carbocycles. The Morgan fingerprint density at radius 1 is 1.26 bits per heavy atom. The topological polar surface area (TPSA) is 62.7 Å². The van der Waals surface area contributed by atoms with Crippen molar-refractivity contribution in [2.24, 2.45) is 11.3 Å². The van der Waals surface area contributed by atoms with Crippen molar-refractivity contribution in [2.75, 3.05) is 26.2 Å². The van der Waals surface area contributed by atoms with E-state index in [1.54, 1.807) is 6.26 Å². The molecular weight excluding hydrogens is 342 g/mol. The summed E-state index contributed by atoms with van der Waals surface area (Å²) in [5, 5.41) is 4.17. The van der Waals surface area contributed by atoms with Crippen LogP contribution in [0.5, 0.6) is 0 Å². The van der Waals surface area contributed by atoms with E-state index < -0.39 is 0 Å². The van der Waals surface area contributed by atoms with E-state index in [-0.39, 0.29) is 11.3 Å². The van der Waals surface area contributed by atoms with Gasteiger partial charge in [0.15, 0.2) is 5.69 Å². The predicted octanol–water partition coefficient (Wildman–Crippen LogP) is 3.38. The first-order chi connectivity index (χ1) is 12.9. The van der Waals surface area contributed by atoms with Crippen molar-refractivity contribution >= 4 is 5.91 Å². The molecule has 0 bridgehead atoms. The van der Waals surface area contributed by atoms with Gasteiger partial charge in [-0.15, -0.1) is 0 Å². The monoisotopic (exact) mass is 371 g/mol. The van der Waals surface area contributed by atoms with Crippen molar-refractivity contribution in [2.45, 2.75) is 46.6 Å². The van der Waals surface area contributed by atoms with Crippen LogP contribution in [-0.4, -0.2) is 47.0 Å². The van der Waals surface area contributed by atoms with Crippen LogP contribution in [0.3, 0.4) is 0 Å². The molecule has 0 radical (unpaired) electrons. The van der Waals surface area contributed by atoms with E-state index in [0.717, 1.165) is 56.0 Å². The highest BCUT2D eigenvalue weighted by molar-refractivity contribution is 5.94. The number of fused-ring (bicyclic) bond motifs is 1. The van der Waals surface area contributed by atoms with Crippen molar-refractivity contribution in [3.63, 3.8) is 0 Å². The third kappa shape index (κ3) is 3.81. The highest BCUT2D eigenvalue weighted by atomic mass is 16.5. The highest BCUT2D eigenvalue weighted by Gasteiger charge is 2.35. The molecule has 1 aliphatic heterocycles. The number of amides is 1. The van der Waals surface area contributed by atoms with Crippen LogP contribution in [0.1, 0.15) is 54.8 Å². The Kier molecular flexibility index (Phi) is 4.84. The van der Waals surface area contributed by atoms with E-state index in [4.69, 9.17) is 8.94 Å². The summed E-state index contributed by atoms with van der Waals surface area (Å²) in [5.41, 5.74) is 1.81. The second-order valence-electron chi connectivity index (χ2n) is 8.89. The van der Waals surface area contributed by atoms with Gasteiger partial charge in [-0.1, -0.05) is 25.9 Å². The Balaban J connectivity index is 1.41. The van der Waals surface area contributed by atoms with Gasteiger partial charge in [0.25, 0.3) is 5.91 Å². The van der Waals surface area contributed by atoms with Crippen LogP contribution in [-0.2, 0) is 19.4 Å². The van der Waals surface area contributed by atoms with Gasteiger partial charge in [-0.25, -0.2) is 0 Å². The molecule has 4 rings (SSSR count). The molecule has 2 aliphatic rings. The van der Waals surface area contributed by atoms with Crippen LogP contribution in [0.2, 0.25) is 0 Å². The molecule has 2 aromatic rings. The molecule has 1 atom stereocenters. The first kappa shape index (κ1) is 18.3. The van der Waals surface area contributed by atoms with Gasteiger partial charge in [-0.2, -0.15) is 0 Å². The maximum atomic E-state index is 13.1. The van der Waals surface area contributed by atoms with Crippen LogP contribution < -0.4 is 0 Å². The van der Waals surface area contributed by atoms with E-state index in [9.17, 15) is 4.79 Å². The van der Waals surface area contributed by atoms with Crippen molar-refractivity contribution in [1.82, 2.24) is 15.0 Å². The Bertz CT molecular complexity index is 780. The maximum absolute atomic E-state index is 13.1. The number of carbonyl (C=O) groups excluding carboxylic acids is 1. The predicted molar refractivity (Wildman–Crippen MR) is 101 cm³/mol. The second kappa shape index (κ2) is 7.15. The molecule has 1 saturated heterocycles. The van der Waals surface area contributed by atoms with Gasteiger partial charge in [0.1, 0.15) is 11.5 Å². The normalized spacial score (nSPS) is 21.3. The van der Waals surface area contributed by atoms with Gasteiger partial charge in [0.2, 0.25) is 0 Å². The molecule has 6 nitrogen and oxygen atoms in total. The summed E-state index contributed by atoms with van der Waals surface area (Å²) in [5.74, 6) is 2.46. The zero-order valence-corrected chi connectivity index (χ0v) is 16.5. The average Bonchev–Trinajstić information content (AvgIpc) is 3.30. The number of carbonyl (C=O) groups is 1. The summed E-state index contributed by atoms with van der Waals surface area (Å²) in [7, 11) is 0. The molecule has 146 valence electrons. The summed E-state index contributed by atoms with van der Waals surface area (Å²) in [6.07, 6.45) is 4.58. The van der Waals surface area contributed by atoms with Crippen LogP contribution in [0.25, 0.3) is 0 Å². The van der Waals surface area contributed by atoms with Gasteiger partial charge in [-0.05, 0) is 36.3 Å². The molecule has 1 aliphatic carbocycles. The molecule has 1 fully saturated rings. The highest BCUT2D eigenvalue weighted by Crippen LogP contribution is 2.38. The minimum Gasteiger partial charge on any atom is -0.468 e. The third-order valence-electron chi connectivity index (χ3n) is 6.09. The van der Waals surface area contributed by atoms with Gasteiger partial charge in [-0.3, -0.25) is 9.69 Å². The van der Waals surface area contributed by atoms with Crippen molar-refractivity contribution in [3.8, 4) is 0 Å². The Hall–Kier alpha value is -2.08. The largest absolute Gasteiger partial charge is 0.468 e. The molecule has 27 heavy (non-hydrogen) atoms. The first-order valence-corrected chi connectivity index (χ1v) is 9.93. The zero-order valence-electron chi connectivity index (χ0n) is 16.5. The van der Waals surface area contributed by atoms with Gasteiger partial charge < -0.3 is 13.8 Å². The average molecular weight is 371 g/mol.